The van der Waals surface area contributed by atoms with Gasteiger partial charge >= 0.3 is 0 Å². The SMILES string of the molecule is COc1cccc(NCCOc2ccccc2N)c1. The van der Waals surface area contributed by atoms with Crippen molar-refractivity contribution in [2.24, 2.45) is 0 Å². The number of ether oxygens (including phenoxy) is 2. The maximum absolute atomic E-state index is 5.79. The zero-order chi connectivity index (χ0) is 13.5. The Morgan fingerprint density at radius 3 is 2.74 bits per heavy atom. The highest BCUT2D eigenvalue weighted by Gasteiger charge is 1.98. The smallest absolute Gasteiger partial charge is 0.142 e. The molecule has 0 heterocycles. The van der Waals surface area contributed by atoms with Gasteiger partial charge in [0.1, 0.15) is 18.1 Å². The molecule has 100 valence electrons. The minimum absolute atomic E-state index is 0.547. The van der Waals surface area contributed by atoms with Crippen LogP contribution in [0.3, 0.4) is 0 Å². The normalized spacial score (nSPS) is 9.95. The molecule has 4 heteroatoms. The van der Waals surface area contributed by atoms with Gasteiger partial charge < -0.3 is 20.5 Å². The minimum atomic E-state index is 0.547. The lowest BCUT2D eigenvalue weighted by Crippen LogP contribution is -2.12. The molecule has 2 aromatic carbocycles. The Labute approximate surface area is 113 Å². The Bertz CT molecular complexity index is 529. The van der Waals surface area contributed by atoms with Crippen LogP contribution in [0.2, 0.25) is 0 Å². The summed E-state index contributed by atoms with van der Waals surface area (Å²) < 4.78 is 10.8. The first-order valence-electron chi connectivity index (χ1n) is 6.15. The fraction of sp³-hybridized carbons (Fsp3) is 0.200. The fourth-order valence-corrected chi connectivity index (χ4v) is 1.70. The molecule has 0 saturated heterocycles. The predicted molar refractivity (Wildman–Crippen MR) is 77.8 cm³/mol. The molecule has 0 fully saturated rings. The second-order valence-corrected chi connectivity index (χ2v) is 4.05. The van der Waals surface area contributed by atoms with Gasteiger partial charge in [0.2, 0.25) is 0 Å². The van der Waals surface area contributed by atoms with E-state index in [1.54, 1.807) is 7.11 Å². The number of benzene rings is 2. The van der Waals surface area contributed by atoms with Crippen LogP contribution in [0.5, 0.6) is 11.5 Å². The highest BCUT2D eigenvalue weighted by Crippen LogP contribution is 2.20. The van der Waals surface area contributed by atoms with Gasteiger partial charge in [-0.2, -0.15) is 0 Å². The van der Waals surface area contributed by atoms with Crippen LogP contribution in [0, 0.1) is 0 Å². The van der Waals surface area contributed by atoms with E-state index in [9.17, 15) is 0 Å². The molecule has 0 spiro atoms. The average molecular weight is 258 g/mol. The van der Waals surface area contributed by atoms with Crippen LogP contribution >= 0.6 is 0 Å². The summed E-state index contributed by atoms with van der Waals surface area (Å²) in [6.07, 6.45) is 0. The van der Waals surface area contributed by atoms with Gasteiger partial charge in [0.15, 0.2) is 0 Å². The molecule has 3 N–H and O–H groups in total. The summed E-state index contributed by atoms with van der Waals surface area (Å²) in [4.78, 5) is 0. The molecule has 0 atom stereocenters. The van der Waals surface area contributed by atoms with Gasteiger partial charge in [-0.1, -0.05) is 18.2 Å². The molecule has 0 saturated carbocycles. The van der Waals surface area contributed by atoms with Crippen molar-refractivity contribution in [3.63, 3.8) is 0 Å². The van der Waals surface area contributed by atoms with Crippen LogP contribution in [0.25, 0.3) is 0 Å². The molecule has 0 aromatic heterocycles. The molecule has 19 heavy (non-hydrogen) atoms. The first-order valence-corrected chi connectivity index (χ1v) is 6.15. The molecular weight excluding hydrogens is 240 g/mol. The summed E-state index contributed by atoms with van der Waals surface area (Å²) >= 11 is 0. The third-order valence-electron chi connectivity index (χ3n) is 2.68. The molecular formula is C15H18N2O2. The van der Waals surface area contributed by atoms with Crippen molar-refractivity contribution < 1.29 is 9.47 Å². The lowest BCUT2D eigenvalue weighted by molar-refractivity contribution is 0.334. The Hall–Kier alpha value is -2.36. The molecule has 0 aliphatic heterocycles. The van der Waals surface area contributed by atoms with Crippen molar-refractivity contribution in [3.8, 4) is 11.5 Å². The van der Waals surface area contributed by atoms with Gasteiger partial charge in [-0.25, -0.2) is 0 Å². The maximum atomic E-state index is 5.79. The topological polar surface area (TPSA) is 56.5 Å². The minimum Gasteiger partial charge on any atom is -0.497 e. The van der Waals surface area contributed by atoms with E-state index in [1.165, 1.54) is 0 Å². The fourth-order valence-electron chi connectivity index (χ4n) is 1.70. The Balaban J connectivity index is 1.79. The van der Waals surface area contributed by atoms with Gasteiger partial charge in [-0.05, 0) is 24.3 Å². The van der Waals surface area contributed by atoms with Gasteiger partial charge in [-0.15, -0.1) is 0 Å². The Morgan fingerprint density at radius 2 is 1.95 bits per heavy atom. The second kappa shape index (κ2) is 6.54. The summed E-state index contributed by atoms with van der Waals surface area (Å²) in [5.74, 6) is 1.55. The highest BCUT2D eigenvalue weighted by molar-refractivity contribution is 5.52. The predicted octanol–water partition coefficient (Wildman–Crippen LogP) is 2.77. The van der Waals surface area contributed by atoms with E-state index < -0.39 is 0 Å². The molecule has 0 bridgehead atoms. The number of nitrogen functional groups attached to an aromatic ring is 1. The number of hydrogen-bond donors (Lipinski definition) is 2. The molecule has 0 radical (unpaired) electrons. The molecule has 0 aliphatic rings. The molecule has 0 amide bonds. The zero-order valence-corrected chi connectivity index (χ0v) is 10.9. The first-order chi connectivity index (χ1) is 9.29. The summed E-state index contributed by atoms with van der Waals surface area (Å²) in [5, 5.41) is 3.26. The molecule has 0 unspecified atom stereocenters. The van der Waals surface area contributed by atoms with Crippen LogP contribution in [-0.2, 0) is 0 Å². The summed E-state index contributed by atoms with van der Waals surface area (Å²) in [6.45, 7) is 1.24. The van der Waals surface area contributed by atoms with Gasteiger partial charge in [0, 0.05) is 18.3 Å². The first kappa shape index (κ1) is 13.1. The number of anilines is 2. The lowest BCUT2D eigenvalue weighted by Gasteiger charge is -2.10. The number of nitrogens with two attached hydrogens (primary N) is 1. The van der Waals surface area contributed by atoms with Crippen molar-refractivity contribution in [2.75, 3.05) is 31.3 Å². The van der Waals surface area contributed by atoms with Gasteiger partial charge in [-0.3, -0.25) is 0 Å². The monoisotopic (exact) mass is 258 g/mol. The van der Waals surface area contributed by atoms with Crippen molar-refractivity contribution >= 4 is 11.4 Å². The highest BCUT2D eigenvalue weighted by atomic mass is 16.5. The van der Waals surface area contributed by atoms with Crippen LogP contribution in [-0.4, -0.2) is 20.3 Å². The number of para-hydroxylation sites is 2. The number of methoxy groups -OCH3 is 1. The number of rotatable bonds is 6. The number of hydrogen-bond acceptors (Lipinski definition) is 4. The summed E-state index contributed by atoms with van der Waals surface area (Å²) in [7, 11) is 1.65. The Kier molecular flexibility index (Phi) is 4.50. The molecule has 0 aliphatic carbocycles. The molecule has 4 nitrogen and oxygen atoms in total. The number of nitrogens with one attached hydrogen (secondary N) is 1. The van der Waals surface area contributed by atoms with E-state index >= 15 is 0 Å². The summed E-state index contributed by atoms with van der Waals surface area (Å²) in [5.41, 5.74) is 7.45. The van der Waals surface area contributed by atoms with E-state index in [-0.39, 0.29) is 0 Å². The van der Waals surface area contributed by atoms with E-state index in [0.717, 1.165) is 17.2 Å². The van der Waals surface area contributed by atoms with Gasteiger partial charge in [0.05, 0.1) is 12.8 Å². The lowest BCUT2D eigenvalue weighted by atomic mass is 10.3. The van der Waals surface area contributed by atoms with Crippen LogP contribution in [0.4, 0.5) is 11.4 Å². The quantitative estimate of drug-likeness (QED) is 0.618. The van der Waals surface area contributed by atoms with Crippen LogP contribution in [0.15, 0.2) is 48.5 Å². The van der Waals surface area contributed by atoms with Crippen molar-refractivity contribution in [1.29, 1.82) is 0 Å². The van der Waals surface area contributed by atoms with E-state index in [1.807, 2.05) is 48.5 Å². The third-order valence-corrected chi connectivity index (χ3v) is 2.68. The standard InChI is InChI=1S/C15H18N2O2/c1-18-13-6-4-5-12(11-13)17-9-10-19-15-8-3-2-7-14(15)16/h2-8,11,17H,9-10,16H2,1H3. The van der Waals surface area contributed by atoms with Crippen LogP contribution < -0.4 is 20.5 Å². The molecule has 2 aromatic rings. The van der Waals surface area contributed by atoms with Crippen molar-refractivity contribution in [3.05, 3.63) is 48.5 Å². The van der Waals surface area contributed by atoms with Crippen LogP contribution in [0.1, 0.15) is 0 Å². The second-order valence-electron chi connectivity index (χ2n) is 4.05. The van der Waals surface area contributed by atoms with E-state index in [4.69, 9.17) is 15.2 Å². The summed E-state index contributed by atoms with van der Waals surface area (Å²) in [6, 6.07) is 15.3. The maximum Gasteiger partial charge on any atom is 0.142 e. The van der Waals surface area contributed by atoms with Gasteiger partial charge in [0.25, 0.3) is 0 Å². The third kappa shape index (κ3) is 3.81. The zero-order valence-electron chi connectivity index (χ0n) is 10.9. The van der Waals surface area contributed by atoms with Crippen molar-refractivity contribution in [2.45, 2.75) is 0 Å². The Morgan fingerprint density at radius 1 is 1.11 bits per heavy atom. The van der Waals surface area contributed by atoms with E-state index in [0.29, 0.717) is 18.8 Å². The average Bonchev–Trinajstić information content (AvgIpc) is 2.45. The van der Waals surface area contributed by atoms with Crippen molar-refractivity contribution in [1.82, 2.24) is 0 Å². The van der Waals surface area contributed by atoms with E-state index in [2.05, 4.69) is 5.32 Å². The molecule has 2 rings (SSSR count). The largest absolute Gasteiger partial charge is 0.497 e.